The Balaban J connectivity index is 1.63. The Bertz CT molecular complexity index is 925. The van der Waals surface area contributed by atoms with Gasteiger partial charge in [0.1, 0.15) is 11.6 Å². The summed E-state index contributed by atoms with van der Waals surface area (Å²) in [5, 5.41) is 5.54. The minimum Gasteiger partial charge on any atom is -0.497 e. The number of rotatable bonds is 6. The van der Waals surface area contributed by atoms with E-state index in [-0.39, 0.29) is 11.8 Å². The third kappa shape index (κ3) is 4.92. The van der Waals surface area contributed by atoms with E-state index in [0.29, 0.717) is 29.2 Å². The van der Waals surface area contributed by atoms with Crippen LogP contribution >= 0.6 is 0 Å². The van der Waals surface area contributed by atoms with Crippen molar-refractivity contribution >= 4 is 17.6 Å². The molecular weight excluding hydrogens is 342 g/mol. The zero-order valence-corrected chi connectivity index (χ0v) is 14.8. The maximum atomic E-state index is 12.3. The number of methoxy groups -OCH3 is 1. The highest BCUT2D eigenvalue weighted by Crippen LogP contribution is 2.13. The monoisotopic (exact) mass is 361 g/mol. The number of hydrogen-bond acceptors (Lipinski definition) is 4. The van der Waals surface area contributed by atoms with Crippen LogP contribution in [0.5, 0.6) is 5.75 Å². The Hall–Kier alpha value is -3.67. The van der Waals surface area contributed by atoms with Crippen LogP contribution in [-0.2, 0) is 6.54 Å². The van der Waals surface area contributed by atoms with Crippen LogP contribution in [0.4, 0.5) is 5.82 Å². The van der Waals surface area contributed by atoms with Gasteiger partial charge in [-0.3, -0.25) is 9.59 Å². The van der Waals surface area contributed by atoms with Crippen molar-refractivity contribution in [2.45, 2.75) is 6.54 Å². The number of hydrogen-bond donors (Lipinski definition) is 2. The normalized spacial score (nSPS) is 10.1. The molecule has 0 spiro atoms. The molecule has 0 saturated heterocycles. The average Bonchev–Trinajstić information content (AvgIpc) is 2.73. The lowest BCUT2D eigenvalue weighted by Crippen LogP contribution is -2.23. The van der Waals surface area contributed by atoms with Gasteiger partial charge in [-0.1, -0.05) is 30.3 Å². The van der Waals surface area contributed by atoms with Crippen LogP contribution in [0.25, 0.3) is 0 Å². The fourth-order valence-corrected chi connectivity index (χ4v) is 2.45. The van der Waals surface area contributed by atoms with Gasteiger partial charge in [-0.15, -0.1) is 0 Å². The molecule has 6 nitrogen and oxygen atoms in total. The molecular formula is C21H19N3O3. The number of amides is 2. The van der Waals surface area contributed by atoms with Crippen LogP contribution in [0.3, 0.4) is 0 Å². The Labute approximate surface area is 157 Å². The summed E-state index contributed by atoms with van der Waals surface area (Å²) in [5.41, 5.74) is 1.90. The summed E-state index contributed by atoms with van der Waals surface area (Å²) in [4.78, 5) is 28.7. The summed E-state index contributed by atoms with van der Waals surface area (Å²) in [5.74, 6) is 0.429. The van der Waals surface area contributed by atoms with E-state index in [2.05, 4.69) is 15.6 Å². The van der Waals surface area contributed by atoms with Crippen molar-refractivity contribution in [1.82, 2.24) is 10.3 Å². The van der Waals surface area contributed by atoms with Gasteiger partial charge in [-0.05, 0) is 42.0 Å². The summed E-state index contributed by atoms with van der Waals surface area (Å²) in [6.45, 7) is 0.426. The van der Waals surface area contributed by atoms with Crippen molar-refractivity contribution in [3.8, 4) is 5.75 Å². The molecule has 0 unspecified atom stereocenters. The van der Waals surface area contributed by atoms with Gasteiger partial charge in [0.15, 0.2) is 0 Å². The molecule has 0 atom stereocenters. The lowest BCUT2D eigenvalue weighted by Gasteiger charge is -2.08. The lowest BCUT2D eigenvalue weighted by atomic mass is 10.2. The number of aromatic nitrogens is 1. The Morgan fingerprint density at radius 2 is 1.67 bits per heavy atom. The first-order chi connectivity index (χ1) is 13.2. The third-order valence-electron chi connectivity index (χ3n) is 3.91. The molecule has 0 aliphatic carbocycles. The van der Waals surface area contributed by atoms with Crippen LogP contribution in [0, 0.1) is 0 Å². The van der Waals surface area contributed by atoms with Crippen molar-refractivity contribution in [2.24, 2.45) is 0 Å². The molecule has 6 heteroatoms. The first-order valence-corrected chi connectivity index (χ1v) is 8.39. The average molecular weight is 361 g/mol. The Morgan fingerprint density at radius 1 is 0.926 bits per heavy atom. The molecule has 0 aliphatic heterocycles. The van der Waals surface area contributed by atoms with Crippen LogP contribution in [-0.4, -0.2) is 23.9 Å². The first kappa shape index (κ1) is 18.1. The molecule has 0 aliphatic rings. The highest BCUT2D eigenvalue weighted by atomic mass is 16.5. The van der Waals surface area contributed by atoms with Crippen molar-refractivity contribution in [2.75, 3.05) is 12.4 Å². The van der Waals surface area contributed by atoms with Gasteiger partial charge >= 0.3 is 0 Å². The largest absolute Gasteiger partial charge is 0.497 e. The summed E-state index contributed by atoms with van der Waals surface area (Å²) < 4.78 is 5.08. The van der Waals surface area contributed by atoms with Gasteiger partial charge in [-0.2, -0.15) is 0 Å². The summed E-state index contributed by atoms with van der Waals surface area (Å²) in [7, 11) is 1.56. The van der Waals surface area contributed by atoms with E-state index >= 15 is 0 Å². The van der Waals surface area contributed by atoms with Crippen molar-refractivity contribution in [1.29, 1.82) is 0 Å². The smallest absolute Gasteiger partial charge is 0.256 e. The molecule has 0 bridgehead atoms. The highest BCUT2D eigenvalue weighted by molar-refractivity contribution is 6.04. The number of carbonyl (C=O) groups excluding carboxylic acids is 2. The SMILES string of the molecule is COc1ccc(C(=O)Nc2cc(C(=O)NCc3ccccc3)ccn2)cc1. The predicted octanol–water partition coefficient (Wildman–Crippen LogP) is 3.27. The quantitative estimate of drug-likeness (QED) is 0.706. The fraction of sp³-hybridized carbons (Fsp3) is 0.0952. The number of anilines is 1. The number of ether oxygens (including phenoxy) is 1. The van der Waals surface area contributed by atoms with Gasteiger partial charge in [0.05, 0.1) is 7.11 Å². The Kier molecular flexibility index (Phi) is 5.79. The van der Waals surface area contributed by atoms with E-state index in [1.165, 1.54) is 6.20 Å². The molecule has 27 heavy (non-hydrogen) atoms. The summed E-state index contributed by atoms with van der Waals surface area (Å²) in [6.07, 6.45) is 1.49. The zero-order chi connectivity index (χ0) is 19.1. The van der Waals surface area contributed by atoms with E-state index in [1.54, 1.807) is 43.5 Å². The molecule has 0 saturated carbocycles. The molecule has 2 amide bonds. The molecule has 1 aromatic heterocycles. The minimum atomic E-state index is -0.313. The predicted molar refractivity (Wildman–Crippen MR) is 103 cm³/mol. The standard InChI is InChI=1S/C21H19N3O3/c1-27-18-9-7-16(8-10-18)21(26)24-19-13-17(11-12-22-19)20(25)23-14-15-5-3-2-4-6-15/h2-13H,14H2,1H3,(H,23,25)(H,22,24,26). The third-order valence-corrected chi connectivity index (χ3v) is 3.91. The second-order valence-electron chi connectivity index (χ2n) is 5.78. The molecule has 0 fully saturated rings. The van der Waals surface area contributed by atoms with Gasteiger partial charge in [-0.25, -0.2) is 4.98 Å². The molecule has 0 radical (unpaired) electrons. The number of nitrogens with zero attached hydrogens (tertiary/aromatic N) is 1. The Morgan fingerprint density at radius 3 is 2.37 bits per heavy atom. The van der Waals surface area contributed by atoms with Crippen molar-refractivity contribution in [3.05, 3.63) is 89.6 Å². The number of carbonyl (C=O) groups is 2. The second-order valence-corrected chi connectivity index (χ2v) is 5.78. The summed E-state index contributed by atoms with van der Waals surface area (Å²) in [6, 6.07) is 19.5. The van der Waals surface area contributed by atoms with Crippen molar-refractivity contribution < 1.29 is 14.3 Å². The summed E-state index contributed by atoms with van der Waals surface area (Å²) >= 11 is 0. The minimum absolute atomic E-state index is 0.235. The van der Waals surface area contributed by atoms with Crippen molar-refractivity contribution in [3.63, 3.8) is 0 Å². The maximum absolute atomic E-state index is 12.3. The first-order valence-electron chi connectivity index (χ1n) is 8.39. The fourth-order valence-electron chi connectivity index (χ4n) is 2.45. The van der Waals surface area contributed by atoms with E-state index in [1.807, 2.05) is 30.3 Å². The van der Waals surface area contributed by atoms with Crippen LogP contribution in [0.2, 0.25) is 0 Å². The highest BCUT2D eigenvalue weighted by Gasteiger charge is 2.10. The second kappa shape index (κ2) is 8.62. The maximum Gasteiger partial charge on any atom is 0.256 e. The topological polar surface area (TPSA) is 80.3 Å². The number of pyridine rings is 1. The lowest BCUT2D eigenvalue weighted by molar-refractivity contribution is 0.0949. The van der Waals surface area contributed by atoms with E-state index < -0.39 is 0 Å². The molecule has 2 N–H and O–H groups in total. The number of nitrogens with one attached hydrogen (secondary N) is 2. The van der Waals surface area contributed by atoms with Gasteiger partial charge in [0.2, 0.25) is 0 Å². The molecule has 1 heterocycles. The molecule has 136 valence electrons. The van der Waals surface area contributed by atoms with Crippen LogP contribution in [0.15, 0.2) is 72.9 Å². The van der Waals surface area contributed by atoms with E-state index in [4.69, 9.17) is 4.74 Å². The van der Waals surface area contributed by atoms with Gasteiger partial charge in [0.25, 0.3) is 11.8 Å². The number of benzene rings is 2. The molecule has 3 aromatic rings. The van der Waals surface area contributed by atoms with E-state index in [9.17, 15) is 9.59 Å². The molecule has 3 rings (SSSR count). The van der Waals surface area contributed by atoms with Crippen LogP contribution < -0.4 is 15.4 Å². The molecule has 2 aromatic carbocycles. The zero-order valence-electron chi connectivity index (χ0n) is 14.8. The van der Waals surface area contributed by atoms with E-state index in [0.717, 1.165) is 5.56 Å². The van der Waals surface area contributed by atoms with Crippen LogP contribution in [0.1, 0.15) is 26.3 Å². The van der Waals surface area contributed by atoms with Gasteiger partial charge in [0, 0.05) is 23.9 Å². The van der Waals surface area contributed by atoms with Gasteiger partial charge < -0.3 is 15.4 Å².